The minimum Gasteiger partial charge on any atom is -0.347 e. The average molecular weight is 342 g/mol. The van der Waals surface area contributed by atoms with E-state index in [4.69, 9.17) is 0 Å². The Bertz CT molecular complexity index is 527. The van der Waals surface area contributed by atoms with E-state index in [2.05, 4.69) is 20.4 Å². The zero-order valence-corrected chi connectivity index (χ0v) is 14.8. The van der Waals surface area contributed by atoms with Gasteiger partial charge < -0.3 is 10.2 Å². The Morgan fingerprint density at radius 2 is 2.00 bits per heavy atom. The van der Waals surface area contributed by atoms with Crippen LogP contribution < -0.4 is 10.2 Å². The molecule has 0 aromatic carbocycles. The molecule has 1 aliphatic rings. The van der Waals surface area contributed by atoms with E-state index >= 15 is 0 Å². The number of Topliss-reactive ketones (excluding diaryl/α,β-unsaturated/α-hetero) is 1. The number of hydrogen-bond acceptors (Lipinski definition) is 7. The largest absolute Gasteiger partial charge is 0.347 e. The van der Waals surface area contributed by atoms with Gasteiger partial charge in [-0.1, -0.05) is 36.9 Å². The minimum absolute atomic E-state index is 0.0133. The van der Waals surface area contributed by atoms with Crippen LogP contribution in [0.5, 0.6) is 0 Å². The molecule has 6 nitrogen and oxygen atoms in total. The topological polar surface area (TPSA) is 75.2 Å². The van der Waals surface area contributed by atoms with Crippen LogP contribution in [-0.2, 0) is 9.59 Å². The van der Waals surface area contributed by atoms with Gasteiger partial charge in [-0.3, -0.25) is 9.59 Å². The number of anilines is 1. The Kier molecular flexibility index (Phi) is 6.19. The number of amides is 1. The Morgan fingerprint density at radius 1 is 1.32 bits per heavy atom. The van der Waals surface area contributed by atoms with Crippen LogP contribution in [0.15, 0.2) is 4.34 Å². The Labute approximate surface area is 139 Å². The number of aromatic nitrogens is 2. The van der Waals surface area contributed by atoms with Gasteiger partial charge in [0.25, 0.3) is 0 Å². The highest BCUT2D eigenvalue weighted by molar-refractivity contribution is 8.01. The third-order valence-electron chi connectivity index (χ3n) is 3.52. The van der Waals surface area contributed by atoms with Gasteiger partial charge in [0.1, 0.15) is 0 Å². The molecular formula is C14H22N4O2S2. The van der Waals surface area contributed by atoms with E-state index in [0.717, 1.165) is 22.6 Å². The molecule has 1 aromatic rings. The number of rotatable bonds is 7. The first kappa shape index (κ1) is 17.2. The molecule has 2 heterocycles. The van der Waals surface area contributed by atoms with Gasteiger partial charge in [-0.2, -0.15) is 0 Å². The van der Waals surface area contributed by atoms with Crippen LogP contribution in [0.1, 0.15) is 33.6 Å². The molecule has 122 valence electrons. The Hall–Kier alpha value is -1.15. The van der Waals surface area contributed by atoms with E-state index in [9.17, 15) is 9.59 Å². The highest BCUT2D eigenvalue weighted by Crippen LogP contribution is 2.29. The molecule has 1 unspecified atom stereocenters. The van der Waals surface area contributed by atoms with Gasteiger partial charge in [0.2, 0.25) is 11.0 Å². The fourth-order valence-electron chi connectivity index (χ4n) is 2.38. The van der Waals surface area contributed by atoms with Gasteiger partial charge in [0, 0.05) is 13.1 Å². The second-order valence-corrected chi connectivity index (χ2v) is 7.91. The van der Waals surface area contributed by atoms with Gasteiger partial charge in [-0.05, 0) is 25.7 Å². The number of carbonyl (C=O) groups is 2. The zero-order chi connectivity index (χ0) is 16.1. The summed E-state index contributed by atoms with van der Waals surface area (Å²) in [6.45, 7) is 7.42. The second kappa shape index (κ2) is 7.92. The summed E-state index contributed by atoms with van der Waals surface area (Å²) in [6.07, 6.45) is 2.40. The average Bonchev–Trinajstić information content (AvgIpc) is 3.12. The number of nitrogens with one attached hydrogen (secondary N) is 1. The molecule has 1 aromatic heterocycles. The first-order valence-electron chi connectivity index (χ1n) is 7.48. The summed E-state index contributed by atoms with van der Waals surface area (Å²) in [7, 11) is 0. The zero-order valence-electron chi connectivity index (χ0n) is 13.2. The van der Waals surface area contributed by atoms with Crippen LogP contribution in [0.2, 0.25) is 0 Å². The molecule has 0 bridgehead atoms. The van der Waals surface area contributed by atoms with Crippen LogP contribution in [0.4, 0.5) is 5.13 Å². The van der Waals surface area contributed by atoms with E-state index in [1.807, 2.05) is 13.8 Å². The summed E-state index contributed by atoms with van der Waals surface area (Å²) < 4.78 is 0.793. The number of hydrogen-bond donors (Lipinski definition) is 1. The van der Waals surface area contributed by atoms with Gasteiger partial charge >= 0.3 is 0 Å². The maximum atomic E-state index is 12.0. The Morgan fingerprint density at radius 3 is 2.59 bits per heavy atom. The monoisotopic (exact) mass is 342 g/mol. The van der Waals surface area contributed by atoms with Crippen molar-refractivity contribution in [3.63, 3.8) is 0 Å². The van der Waals surface area contributed by atoms with Gasteiger partial charge in [-0.25, -0.2) is 0 Å². The summed E-state index contributed by atoms with van der Waals surface area (Å²) in [6, 6.07) is -0.414. The van der Waals surface area contributed by atoms with Crippen molar-refractivity contribution in [2.45, 2.75) is 44.0 Å². The van der Waals surface area contributed by atoms with Gasteiger partial charge in [0.05, 0.1) is 11.8 Å². The molecule has 1 fully saturated rings. The van der Waals surface area contributed by atoms with E-state index in [-0.39, 0.29) is 23.4 Å². The summed E-state index contributed by atoms with van der Waals surface area (Å²) in [5.41, 5.74) is 0. The van der Waals surface area contributed by atoms with Crippen LogP contribution in [0.25, 0.3) is 0 Å². The molecular weight excluding hydrogens is 320 g/mol. The van der Waals surface area contributed by atoms with Crippen molar-refractivity contribution >= 4 is 39.9 Å². The Balaban J connectivity index is 1.82. The van der Waals surface area contributed by atoms with Crippen molar-refractivity contribution in [3.8, 4) is 0 Å². The van der Waals surface area contributed by atoms with Crippen LogP contribution >= 0.6 is 23.1 Å². The smallest absolute Gasteiger partial charge is 0.231 e. The third-order valence-corrected chi connectivity index (χ3v) is 5.64. The van der Waals surface area contributed by atoms with Crippen molar-refractivity contribution in [1.82, 2.24) is 15.5 Å². The molecule has 1 aliphatic heterocycles. The molecule has 1 atom stereocenters. The predicted molar refractivity (Wildman–Crippen MR) is 89.5 cm³/mol. The molecule has 0 radical (unpaired) electrons. The fraction of sp³-hybridized carbons (Fsp3) is 0.714. The summed E-state index contributed by atoms with van der Waals surface area (Å²) in [4.78, 5) is 25.7. The molecule has 0 aliphatic carbocycles. The van der Waals surface area contributed by atoms with E-state index in [0.29, 0.717) is 0 Å². The lowest BCUT2D eigenvalue weighted by Crippen LogP contribution is -2.44. The molecule has 22 heavy (non-hydrogen) atoms. The van der Waals surface area contributed by atoms with Gasteiger partial charge in [0.15, 0.2) is 10.1 Å². The number of nitrogens with zero attached hydrogens (tertiary/aromatic N) is 3. The normalized spacial score (nSPS) is 16.1. The lowest BCUT2D eigenvalue weighted by Gasteiger charge is -2.19. The number of carbonyl (C=O) groups excluding carboxylic acids is 2. The highest BCUT2D eigenvalue weighted by atomic mass is 32.2. The summed E-state index contributed by atoms with van der Waals surface area (Å²) in [5.74, 6) is 0.192. The molecule has 8 heteroatoms. The fourth-order valence-corrected chi connectivity index (χ4v) is 4.08. The standard InChI is InChI=1S/C14H22N4O2S2/c1-9(2)12(10(3)19)15-11(20)8-21-14-17-16-13(22-14)18-6-4-5-7-18/h9,12H,4-8H2,1-3H3,(H,15,20). The molecule has 1 amide bonds. The van der Waals surface area contributed by atoms with Crippen molar-refractivity contribution in [3.05, 3.63) is 0 Å². The van der Waals surface area contributed by atoms with Crippen molar-refractivity contribution in [1.29, 1.82) is 0 Å². The van der Waals surface area contributed by atoms with Crippen LogP contribution in [0.3, 0.4) is 0 Å². The van der Waals surface area contributed by atoms with E-state index < -0.39 is 6.04 Å². The first-order valence-corrected chi connectivity index (χ1v) is 9.28. The van der Waals surface area contributed by atoms with Crippen molar-refractivity contribution in [2.75, 3.05) is 23.7 Å². The number of thioether (sulfide) groups is 1. The highest BCUT2D eigenvalue weighted by Gasteiger charge is 2.21. The summed E-state index contributed by atoms with van der Waals surface area (Å²) >= 11 is 2.89. The predicted octanol–water partition coefficient (Wildman–Crippen LogP) is 1.96. The maximum absolute atomic E-state index is 12.0. The van der Waals surface area contributed by atoms with Crippen LogP contribution in [-0.4, -0.2) is 46.8 Å². The SMILES string of the molecule is CC(=O)C(NC(=O)CSc1nnc(N2CCCC2)s1)C(C)C. The quantitative estimate of drug-likeness (QED) is 0.764. The van der Waals surface area contributed by atoms with Crippen LogP contribution in [0, 0.1) is 5.92 Å². The number of ketones is 1. The van der Waals surface area contributed by atoms with Gasteiger partial charge in [-0.15, -0.1) is 10.2 Å². The second-order valence-electron chi connectivity index (χ2n) is 5.73. The minimum atomic E-state index is -0.414. The van der Waals surface area contributed by atoms with E-state index in [1.165, 1.54) is 42.9 Å². The maximum Gasteiger partial charge on any atom is 0.231 e. The lowest BCUT2D eigenvalue weighted by molar-refractivity contribution is -0.126. The van der Waals surface area contributed by atoms with Crippen molar-refractivity contribution < 1.29 is 9.59 Å². The molecule has 2 rings (SSSR count). The van der Waals surface area contributed by atoms with E-state index in [1.54, 1.807) is 0 Å². The lowest BCUT2D eigenvalue weighted by atomic mass is 10.0. The third kappa shape index (κ3) is 4.67. The summed E-state index contributed by atoms with van der Waals surface area (Å²) in [5, 5.41) is 12.0. The van der Waals surface area contributed by atoms with Crippen molar-refractivity contribution in [2.24, 2.45) is 5.92 Å². The first-order chi connectivity index (χ1) is 10.5. The molecule has 0 spiro atoms. The molecule has 0 saturated carbocycles. The molecule has 1 N–H and O–H groups in total. The molecule has 1 saturated heterocycles.